The lowest BCUT2D eigenvalue weighted by Crippen LogP contribution is -2.44. The number of benzene rings is 1. The number of Topliss-reactive ketones (excluding diaryl/α,β-unsaturated/α-hetero) is 1. The van der Waals surface area contributed by atoms with Crippen molar-refractivity contribution in [3.05, 3.63) is 28.3 Å². The van der Waals surface area contributed by atoms with E-state index >= 15 is 0 Å². The Morgan fingerprint density at radius 3 is 2.25 bits per heavy atom. The van der Waals surface area contributed by atoms with Crippen LogP contribution in [0.3, 0.4) is 0 Å². The van der Waals surface area contributed by atoms with Gasteiger partial charge in [0.15, 0.2) is 5.78 Å². The Bertz CT molecular complexity index is 493. The Kier molecular flexibility index (Phi) is 5.09. The maximum Gasteiger partial charge on any atom is 0.250 e. The molecule has 1 aromatic carbocycles. The van der Waals surface area contributed by atoms with Gasteiger partial charge in [-0.15, -0.1) is 0 Å². The average Bonchev–Trinajstić information content (AvgIpc) is 2.31. The first-order chi connectivity index (χ1) is 8.99. The number of rotatable bonds is 4. The highest BCUT2D eigenvalue weighted by Gasteiger charge is 2.39. The van der Waals surface area contributed by atoms with Crippen molar-refractivity contribution in [2.24, 2.45) is 0 Å². The zero-order valence-electron chi connectivity index (χ0n) is 13.6. The molecule has 4 heteroatoms. The topological polar surface area (TPSA) is 26.3 Å². The first-order valence-corrected chi connectivity index (χ1v) is 10.3. The van der Waals surface area contributed by atoms with Crippen LogP contribution in [0.15, 0.2) is 12.1 Å². The molecule has 2 nitrogen and oxygen atoms in total. The number of carbonyl (C=O) groups excluding carboxylic acids is 1. The van der Waals surface area contributed by atoms with Crippen LogP contribution in [0.5, 0.6) is 5.75 Å². The maximum atomic E-state index is 11.8. The zero-order chi connectivity index (χ0) is 15.7. The van der Waals surface area contributed by atoms with Gasteiger partial charge in [-0.25, -0.2) is 0 Å². The van der Waals surface area contributed by atoms with Gasteiger partial charge in [0.25, 0.3) is 8.32 Å². The highest BCUT2D eigenvalue weighted by molar-refractivity contribution is 6.74. The van der Waals surface area contributed by atoms with Crippen LogP contribution >= 0.6 is 11.6 Å². The van der Waals surface area contributed by atoms with Crippen LogP contribution in [0.2, 0.25) is 23.2 Å². The highest BCUT2D eigenvalue weighted by atomic mass is 35.5. The monoisotopic (exact) mass is 312 g/mol. The van der Waals surface area contributed by atoms with Gasteiger partial charge in [-0.3, -0.25) is 4.79 Å². The Balaban J connectivity index is 3.19. The van der Waals surface area contributed by atoms with Crippen molar-refractivity contribution >= 4 is 25.7 Å². The molecule has 0 unspecified atom stereocenters. The summed E-state index contributed by atoms with van der Waals surface area (Å²) in [7, 11) is -1.93. The largest absolute Gasteiger partial charge is 0.542 e. The van der Waals surface area contributed by atoms with Crippen LogP contribution in [0.4, 0.5) is 0 Å². The van der Waals surface area contributed by atoms with Crippen LogP contribution < -0.4 is 4.43 Å². The van der Waals surface area contributed by atoms with Crippen molar-refractivity contribution in [1.82, 2.24) is 0 Å². The Morgan fingerprint density at radius 1 is 1.30 bits per heavy atom. The molecule has 0 amide bonds. The van der Waals surface area contributed by atoms with E-state index in [0.29, 0.717) is 17.0 Å². The van der Waals surface area contributed by atoms with Gasteiger partial charge in [0.2, 0.25) is 0 Å². The number of hydrogen-bond donors (Lipinski definition) is 0. The Labute approximate surface area is 128 Å². The summed E-state index contributed by atoms with van der Waals surface area (Å²) in [4.78, 5) is 11.8. The molecule has 0 heterocycles. The van der Waals surface area contributed by atoms with E-state index in [2.05, 4.69) is 33.9 Å². The normalized spacial score (nSPS) is 12.4. The molecule has 0 N–H and O–H groups in total. The molecule has 0 saturated heterocycles. The summed E-state index contributed by atoms with van der Waals surface area (Å²) >= 11 is 6.34. The fraction of sp³-hybridized carbons (Fsp3) is 0.562. The molecule has 0 aromatic heterocycles. The van der Waals surface area contributed by atoms with E-state index in [0.717, 1.165) is 11.3 Å². The molecular weight excluding hydrogens is 288 g/mol. The van der Waals surface area contributed by atoms with Gasteiger partial charge in [0.1, 0.15) is 5.75 Å². The highest BCUT2D eigenvalue weighted by Crippen LogP contribution is 2.40. The summed E-state index contributed by atoms with van der Waals surface area (Å²) < 4.78 is 6.29. The molecule has 1 rings (SSSR count). The van der Waals surface area contributed by atoms with E-state index in [1.54, 1.807) is 6.07 Å². The summed E-state index contributed by atoms with van der Waals surface area (Å²) in [6.07, 6.45) is 0.484. The number of halogens is 1. The van der Waals surface area contributed by atoms with Crippen molar-refractivity contribution in [2.75, 3.05) is 0 Å². The fourth-order valence-corrected chi connectivity index (χ4v) is 3.09. The molecule has 20 heavy (non-hydrogen) atoms. The van der Waals surface area contributed by atoms with Gasteiger partial charge in [0.05, 0.1) is 5.02 Å². The fourth-order valence-electron chi connectivity index (χ4n) is 1.63. The van der Waals surface area contributed by atoms with E-state index in [1.165, 1.54) is 0 Å². The molecule has 112 valence electrons. The minimum atomic E-state index is -1.93. The molecule has 0 aliphatic heterocycles. The van der Waals surface area contributed by atoms with E-state index in [-0.39, 0.29) is 10.8 Å². The van der Waals surface area contributed by atoms with E-state index in [1.807, 2.05) is 19.9 Å². The van der Waals surface area contributed by atoms with Crippen LogP contribution in [0.25, 0.3) is 0 Å². The first-order valence-electron chi connectivity index (χ1n) is 7.02. The zero-order valence-corrected chi connectivity index (χ0v) is 15.3. The Morgan fingerprint density at radius 2 is 1.85 bits per heavy atom. The molecule has 0 bridgehead atoms. The number of hydrogen-bond acceptors (Lipinski definition) is 2. The van der Waals surface area contributed by atoms with Crippen LogP contribution in [-0.4, -0.2) is 14.1 Å². The van der Waals surface area contributed by atoms with E-state index < -0.39 is 8.32 Å². The molecule has 0 aliphatic carbocycles. The van der Waals surface area contributed by atoms with Gasteiger partial charge < -0.3 is 4.43 Å². The van der Waals surface area contributed by atoms with Crippen molar-refractivity contribution < 1.29 is 9.22 Å². The lowest BCUT2D eigenvalue weighted by Gasteiger charge is -2.37. The van der Waals surface area contributed by atoms with Gasteiger partial charge in [0, 0.05) is 12.0 Å². The molecule has 1 aromatic rings. The minimum Gasteiger partial charge on any atom is -0.542 e. The quantitative estimate of drug-likeness (QED) is 0.532. The van der Waals surface area contributed by atoms with Crippen molar-refractivity contribution in [1.29, 1.82) is 0 Å². The SMILES string of the molecule is CCC(=O)c1cc(C)c(O[Si](C)(C)C(C)(C)C)c(Cl)c1. The van der Waals surface area contributed by atoms with E-state index in [9.17, 15) is 4.79 Å². The number of aryl methyl sites for hydroxylation is 1. The molecule has 0 atom stereocenters. The smallest absolute Gasteiger partial charge is 0.250 e. The lowest BCUT2D eigenvalue weighted by molar-refractivity contribution is 0.0988. The maximum absolute atomic E-state index is 11.8. The second-order valence-electron chi connectivity index (χ2n) is 6.74. The summed E-state index contributed by atoms with van der Waals surface area (Å²) in [5, 5.41) is 0.646. The summed E-state index contributed by atoms with van der Waals surface area (Å²) in [6.45, 7) is 14.8. The van der Waals surface area contributed by atoms with E-state index in [4.69, 9.17) is 16.0 Å². The second kappa shape index (κ2) is 5.90. The lowest BCUT2D eigenvalue weighted by atomic mass is 10.1. The average molecular weight is 313 g/mol. The van der Waals surface area contributed by atoms with Crippen LogP contribution in [0.1, 0.15) is 50.0 Å². The summed E-state index contributed by atoms with van der Waals surface area (Å²) in [5.41, 5.74) is 1.59. The predicted molar refractivity (Wildman–Crippen MR) is 88.6 cm³/mol. The molecule has 0 fully saturated rings. The summed E-state index contributed by atoms with van der Waals surface area (Å²) in [5.74, 6) is 0.833. The third-order valence-corrected chi connectivity index (χ3v) is 8.64. The van der Waals surface area contributed by atoms with Crippen LogP contribution in [0, 0.1) is 6.92 Å². The van der Waals surface area contributed by atoms with Crippen molar-refractivity contribution in [3.63, 3.8) is 0 Å². The van der Waals surface area contributed by atoms with Gasteiger partial charge in [-0.2, -0.15) is 0 Å². The van der Waals surface area contributed by atoms with Gasteiger partial charge in [-0.05, 0) is 42.8 Å². The third kappa shape index (κ3) is 3.64. The Hall–Kier alpha value is -0.803. The van der Waals surface area contributed by atoms with Crippen molar-refractivity contribution in [3.8, 4) is 5.75 Å². The van der Waals surface area contributed by atoms with Gasteiger partial charge >= 0.3 is 0 Å². The third-order valence-electron chi connectivity index (χ3n) is 4.04. The minimum absolute atomic E-state index is 0.105. The van der Waals surface area contributed by atoms with Crippen molar-refractivity contribution in [2.45, 2.75) is 59.2 Å². The molecule has 0 aliphatic rings. The van der Waals surface area contributed by atoms with Crippen LogP contribution in [-0.2, 0) is 0 Å². The predicted octanol–water partition coefficient (Wildman–Crippen LogP) is 5.63. The molecular formula is C16H25ClO2Si. The molecule has 0 radical (unpaired) electrons. The second-order valence-corrected chi connectivity index (χ2v) is 11.9. The molecule has 0 spiro atoms. The standard InChI is InChI=1S/C16H25ClO2Si/c1-8-14(18)12-9-11(2)15(13(17)10-12)19-20(6,7)16(3,4)5/h9-10H,8H2,1-7H3. The van der Waals surface area contributed by atoms with Gasteiger partial charge in [-0.1, -0.05) is 39.3 Å². The molecule has 0 saturated carbocycles. The summed E-state index contributed by atoms with van der Waals surface area (Å²) in [6, 6.07) is 3.60. The number of ketones is 1. The number of carbonyl (C=O) groups is 1. The first kappa shape index (κ1) is 17.2.